The van der Waals surface area contributed by atoms with Crippen molar-refractivity contribution in [3.8, 4) is 100 Å². The molecule has 0 saturated heterocycles. The summed E-state index contributed by atoms with van der Waals surface area (Å²) in [5.74, 6) is 0. The molecular formula is C126H90O3. The number of benzene rings is 21. The lowest BCUT2D eigenvalue weighted by Gasteiger charge is -2.22. The summed E-state index contributed by atoms with van der Waals surface area (Å²) < 4.78 is 19.1. The smallest absolute Gasteiger partial charge is 0.143 e. The van der Waals surface area contributed by atoms with Crippen LogP contribution in [0.1, 0.15) is 91.6 Å². The molecule has 0 fully saturated rings. The van der Waals surface area contributed by atoms with Gasteiger partial charge in [0.15, 0.2) is 0 Å². The molecule has 0 saturated carbocycles. The first-order valence-electron chi connectivity index (χ1n) is 45.3. The van der Waals surface area contributed by atoms with Crippen molar-refractivity contribution >= 4 is 130 Å². The van der Waals surface area contributed by atoms with Gasteiger partial charge >= 0.3 is 0 Å². The van der Waals surface area contributed by atoms with Crippen LogP contribution in [0.4, 0.5) is 0 Å². The molecule has 0 bridgehead atoms. The van der Waals surface area contributed by atoms with E-state index in [4.69, 9.17) is 13.3 Å². The molecule has 612 valence electrons. The van der Waals surface area contributed by atoms with Gasteiger partial charge in [-0.05, 0) is 262 Å². The maximum atomic E-state index is 6.58. The van der Waals surface area contributed by atoms with Crippen LogP contribution < -0.4 is 0 Å². The molecule has 0 radical (unpaired) electrons. The third-order valence-corrected chi connectivity index (χ3v) is 29.2. The molecule has 3 aliphatic carbocycles. The van der Waals surface area contributed by atoms with Gasteiger partial charge in [-0.3, -0.25) is 0 Å². The number of hydrogen-bond donors (Lipinski definition) is 0. The zero-order valence-electron chi connectivity index (χ0n) is 73.6. The zero-order valence-corrected chi connectivity index (χ0v) is 73.6. The van der Waals surface area contributed by atoms with E-state index < -0.39 is 0 Å². The van der Waals surface area contributed by atoms with E-state index in [9.17, 15) is 0 Å². The van der Waals surface area contributed by atoms with E-state index in [2.05, 4.69) is 420 Å². The van der Waals surface area contributed by atoms with Crippen molar-refractivity contribution in [2.24, 2.45) is 0 Å². The van der Waals surface area contributed by atoms with Crippen molar-refractivity contribution in [1.82, 2.24) is 0 Å². The Morgan fingerprint density at radius 3 is 0.899 bits per heavy atom. The quantitative estimate of drug-likeness (QED) is 0.156. The number of fused-ring (bicyclic) bond motifs is 24. The van der Waals surface area contributed by atoms with E-state index in [1.165, 1.54) is 215 Å². The minimum atomic E-state index is -0.0136. The fraction of sp³-hybridized carbons (Fsp3) is 0.0952. The highest BCUT2D eigenvalue weighted by molar-refractivity contribution is 6.28. The fourth-order valence-corrected chi connectivity index (χ4v) is 23.1. The standard InChI is InChI=1S/3C42H30O/c1-25-19-21-31-35(23-25)39(26-20-22-37-34(24-26)27-11-6-8-17-36(27)42(37,2)3)29-13-4-5-14-30(29)40(31)33-16-10-15-32-28-12-7-9-18-38(28)43-41(32)33;1-25-19-21-30-34(23-25)39(26-20-22-36-33(24-26)27-11-6-8-16-35(27)42(36,2)3)28-12-4-5-13-29(28)40(30)32-15-10-18-38-41(32)31-14-7-9-17-37(31)43-38;1-25-16-19-32-35(22-25)41(26-17-20-37-33(23-26)28-10-6-8-14-36(28)42(37,2)3)31-13-5-4-12-30(31)40(32)27-18-21-39-34(24-27)29-11-7-9-15-38(29)43-39/h3*4-24H,1-3H3. The molecular weight excluding hydrogens is 1560 g/mol. The monoisotopic (exact) mass is 1650 g/mol. The summed E-state index contributed by atoms with van der Waals surface area (Å²) in [6.45, 7) is 20.7. The number of rotatable bonds is 6. The summed E-state index contributed by atoms with van der Waals surface area (Å²) >= 11 is 0. The number of aryl methyl sites for hydroxylation is 3. The third-order valence-electron chi connectivity index (χ3n) is 29.2. The fourth-order valence-electron chi connectivity index (χ4n) is 23.1. The first-order valence-corrected chi connectivity index (χ1v) is 45.3. The summed E-state index contributed by atoms with van der Waals surface area (Å²) in [4.78, 5) is 0. The molecule has 0 amide bonds. The number of para-hydroxylation sites is 4. The largest absolute Gasteiger partial charge is 0.456 e. The summed E-state index contributed by atoms with van der Waals surface area (Å²) in [6, 6.07) is 141. The van der Waals surface area contributed by atoms with Gasteiger partial charge in [0.1, 0.15) is 33.5 Å². The molecule has 0 unspecified atom stereocenters. The summed E-state index contributed by atoms with van der Waals surface area (Å²) in [7, 11) is 0. The van der Waals surface area contributed by atoms with E-state index in [0.29, 0.717) is 0 Å². The van der Waals surface area contributed by atoms with Gasteiger partial charge in [0.2, 0.25) is 0 Å². The highest BCUT2D eigenvalue weighted by Gasteiger charge is 2.39. The average molecular weight is 1650 g/mol. The Labute approximate surface area is 749 Å². The topological polar surface area (TPSA) is 39.4 Å². The lowest BCUT2D eigenvalue weighted by Crippen LogP contribution is -2.14. The third kappa shape index (κ3) is 11.5. The van der Waals surface area contributed by atoms with Gasteiger partial charge in [0, 0.05) is 59.7 Å². The van der Waals surface area contributed by atoms with Crippen molar-refractivity contribution in [2.45, 2.75) is 78.6 Å². The van der Waals surface area contributed by atoms with Crippen LogP contribution in [0.25, 0.3) is 231 Å². The maximum absolute atomic E-state index is 6.58. The second kappa shape index (κ2) is 28.5. The lowest BCUT2D eigenvalue weighted by molar-refractivity contribution is 0.660. The molecule has 24 aromatic rings. The molecule has 27 rings (SSSR count). The van der Waals surface area contributed by atoms with Crippen LogP contribution in [-0.4, -0.2) is 0 Å². The van der Waals surface area contributed by atoms with Crippen LogP contribution in [0.15, 0.2) is 395 Å². The van der Waals surface area contributed by atoms with Crippen molar-refractivity contribution in [2.75, 3.05) is 0 Å². The molecule has 3 aliphatic rings. The summed E-state index contributed by atoms with van der Waals surface area (Å²) in [5.41, 5.74) is 40.8. The minimum Gasteiger partial charge on any atom is -0.456 e. The van der Waals surface area contributed by atoms with E-state index in [-0.39, 0.29) is 16.2 Å². The van der Waals surface area contributed by atoms with Crippen molar-refractivity contribution in [1.29, 1.82) is 0 Å². The second-order valence-electron chi connectivity index (χ2n) is 37.7. The Bertz CT molecular complexity index is 8930. The molecule has 0 atom stereocenters. The van der Waals surface area contributed by atoms with Crippen LogP contribution >= 0.6 is 0 Å². The van der Waals surface area contributed by atoms with Crippen molar-refractivity contribution in [3.63, 3.8) is 0 Å². The normalized spacial score (nSPS) is 13.7. The van der Waals surface area contributed by atoms with Crippen LogP contribution in [0, 0.1) is 20.8 Å². The minimum absolute atomic E-state index is 0.00899. The van der Waals surface area contributed by atoms with Gasteiger partial charge in [0.05, 0.1) is 0 Å². The molecule has 3 heterocycles. The van der Waals surface area contributed by atoms with E-state index in [0.717, 1.165) is 66.0 Å². The number of hydrogen-bond acceptors (Lipinski definition) is 3. The van der Waals surface area contributed by atoms with Gasteiger partial charge < -0.3 is 13.3 Å². The lowest BCUT2D eigenvalue weighted by atomic mass is 9.81. The Kier molecular flexibility index (Phi) is 16.8. The average Bonchev–Trinajstić information content (AvgIpc) is 1.65. The molecule has 129 heavy (non-hydrogen) atoms. The Hall–Kier alpha value is -15.4. The van der Waals surface area contributed by atoms with Gasteiger partial charge in [-0.2, -0.15) is 0 Å². The van der Waals surface area contributed by atoms with Gasteiger partial charge in [-0.25, -0.2) is 0 Å². The van der Waals surface area contributed by atoms with Crippen LogP contribution in [-0.2, 0) is 16.2 Å². The highest BCUT2D eigenvalue weighted by atomic mass is 16.3. The van der Waals surface area contributed by atoms with Crippen molar-refractivity contribution in [3.05, 3.63) is 432 Å². The Morgan fingerprint density at radius 1 is 0.163 bits per heavy atom. The van der Waals surface area contributed by atoms with E-state index in [1.54, 1.807) is 0 Å². The summed E-state index contributed by atoms with van der Waals surface area (Å²) in [6.07, 6.45) is 0. The number of furan rings is 3. The summed E-state index contributed by atoms with van der Waals surface area (Å²) in [5, 5.41) is 22.1. The van der Waals surface area contributed by atoms with Gasteiger partial charge in [-0.15, -0.1) is 0 Å². The first-order chi connectivity index (χ1) is 63.0. The predicted octanol–water partition coefficient (Wildman–Crippen LogP) is 35.5. The SMILES string of the molecule is Cc1ccc2c(-c3ccc4oc5ccccc5c4c3)c3ccccc3c(-c3ccc4c(c3)-c3ccccc3C4(C)C)c2c1.Cc1ccc2c(-c3cccc4c3oc3ccccc34)c3ccccc3c(-c3ccc4c(c3)-c3ccccc3C4(C)C)c2c1.Cc1ccc2c(-c3cccc4oc5ccccc5c34)c3ccccc3c(-c3ccc4c(c3)-c3ccccc3C4(C)C)c2c1. The van der Waals surface area contributed by atoms with E-state index >= 15 is 0 Å². The molecule has 21 aromatic carbocycles. The van der Waals surface area contributed by atoms with Crippen LogP contribution in [0.2, 0.25) is 0 Å². The second-order valence-corrected chi connectivity index (χ2v) is 37.7. The molecule has 3 heteroatoms. The van der Waals surface area contributed by atoms with Crippen LogP contribution in [0.3, 0.4) is 0 Å². The maximum Gasteiger partial charge on any atom is 0.143 e. The first kappa shape index (κ1) is 76.1. The zero-order chi connectivity index (χ0) is 86.6. The molecule has 3 aromatic heterocycles. The Morgan fingerprint density at radius 2 is 0.442 bits per heavy atom. The van der Waals surface area contributed by atoms with E-state index in [1.807, 2.05) is 24.3 Å². The van der Waals surface area contributed by atoms with Gasteiger partial charge in [0.25, 0.3) is 0 Å². The highest BCUT2D eigenvalue weighted by Crippen LogP contribution is 2.58. The predicted molar refractivity (Wildman–Crippen MR) is 546 cm³/mol. The Balaban J connectivity index is 0.000000105. The molecule has 0 N–H and O–H groups in total. The molecule has 0 aliphatic heterocycles. The van der Waals surface area contributed by atoms with Gasteiger partial charge in [-0.1, -0.05) is 386 Å². The van der Waals surface area contributed by atoms with Crippen LogP contribution in [0.5, 0.6) is 0 Å². The molecule has 3 nitrogen and oxygen atoms in total. The molecule has 0 spiro atoms. The van der Waals surface area contributed by atoms with Crippen molar-refractivity contribution < 1.29 is 13.3 Å².